The average molecular weight is 496 g/mol. The van der Waals surface area contributed by atoms with Crippen LogP contribution >= 0.6 is 12.2 Å². The molecule has 3 aromatic carbocycles. The topological polar surface area (TPSA) is 61.9 Å². The summed E-state index contributed by atoms with van der Waals surface area (Å²) in [6.45, 7) is 0.243. The molecule has 2 amide bonds. The van der Waals surface area contributed by atoms with Gasteiger partial charge in [-0.1, -0.05) is 18.2 Å². The Morgan fingerprint density at radius 1 is 1.03 bits per heavy atom. The van der Waals surface area contributed by atoms with Crippen molar-refractivity contribution in [3.8, 4) is 5.75 Å². The van der Waals surface area contributed by atoms with Gasteiger partial charge >= 0.3 is 0 Å². The smallest absolute Gasteiger partial charge is 0.256 e. The molecular weight excluding hydrogens is 472 g/mol. The molecule has 3 aromatic rings. The third kappa shape index (κ3) is 5.46. The lowest BCUT2D eigenvalue weighted by molar-refractivity contribution is -0.124. The molecule has 0 saturated carbocycles. The van der Waals surface area contributed by atoms with Gasteiger partial charge in [-0.15, -0.1) is 0 Å². The maximum absolute atomic E-state index is 14.2. The van der Waals surface area contributed by atoms with Crippen molar-refractivity contribution in [2.75, 3.05) is 23.9 Å². The van der Waals surface area contributed by atoms with Gasteiger partial charge in [0.15, 0.2) is 5.11 Å². The minimum absolute atomic E-state index is 0.180. The quantitative estimate of drug-likeness (QED) is 0.465. The van der Waals surface area contributed by atoms with Crippen molar-refractivity contribution in [2.45, 2.75) is 18.9 Å². The van der Waals surface area contributed by atoms with Crippen LogP contribution in [-0.4, -0.2) is 41.5 Å². The molecule has 1 fully saturated rings. The van der Waals surface area contributed by atoms with E-state index in [0.717, 1.165) is 0 Å². The number of rotatable bonds is 8. The Morgan fingerprint density at radius 2 is 1.71 bits per heavy atom. The van der Waals surface area contributed by atoms with Gasteiger partial charge in [-0.05, 0) is 78.8 Å². The molecule has 1 atom stereocenters. The summed E-state index contributed by atoms with van der Waals surface area (Å²) < 4.78 is 32.6. The van der Waals surface area contributed by atoms with E-state index in [2.05, 4.69) is 5.32 Å². The SMILES string of the molecule is COc1ccc(N2C(=O)[C@@H](CC(=O)Nc3ccc(F)cc3)N(CCc3ccccc3F)C2=S)cc1. The number of hydrogen-bond acceptors (Lipinski definition) is 4. The maximum Gasteiger partial charge on any atom is 0.256 e. The van der Waals surface area contributed by atoms with Gasteiger partial charge in [-0.2, -0.15) is 0 Å². The van der Waals surface area contributed by atoms with Crippen LogP contribution in [0.25, 0.3) is 0 Å². The van der Waals surface area contributed by atoms with Gasteiger partial charge in [-0.25, -0.2) is 8.78 Å². The van der Waals surface area contributed by atoms with Gasteiger partial charge in [0.1, 0.15) is 23.4 Å². The second kappa shape index (κ2) is 10.6. The van der Waals surface area contributed by atoms with Crippen LogP contribution in [0.1, 0.15) is 12.0 Å². The molecule has 1 saturated heterocycles. The molecule has 0 aromatic heterocycles. The molecule has 4 rings (SSSR count). The van der Waals surface area contributed by atoms with E-state index >= 15 is 0 Å². The number of carbonyl (C=O) groups excluding carboxylic acids is 2. The first-order chi connectivity index (χ1) is 16.9. The predicted molar refractivity (Wildman–Crippen MR) is 133 cm³/mol. The number of benzene rings is 3. The van der Waals surface area contributed by atoms with Crippen molar-refractivity contribution < 1.29 is 23.1 Å². The van der Waals surface area contributed by atoms with E-state index in [-0.39, 0.29) is 29.8 Å². The minimum Gasteiger partial charge on any atom is -0.497 e. The summed E-state index contributed by atoms with van der Waals surface area (Å²) in [4.78, 5) is 29.3. The van der Waals surface area contributed by atoms with E-state index in [1.165, 1.54) is 35.2 Å². The van der Waals surface area contributed by atoms with Gasteiger partial charge in [0.05, 0.1) is 19.2 Å². The number of carbonyl (C=O) groups is 2. The van der Waals surface area contributed by atoms with Crippen molar-refractivity contribution in [2.24, 2.45) is 0 Å². The van der Waals surface area contributed by atoms with E-state index in [0.29, 0.717) is 29.1 Å². The van der Waals surface area contributed by atoms with Crippen molar-refractivity contribution >= 4 is 40.5 Å². The molecule has 9 heteroatoms. The van der Waals surface area contributed by atoms with Gasteiger partial charge in [0.2, 0.25) is 5.91 Å². The Hall–Kier alpha value is -3.85. The number of hydrogen-bond donors (Lipinski definition) is 1. The van der Waals surface area contributed by atoms with E-state index < -0.39 is 17.8 Å². The summed E-state index contributed by atoms with van der Waals surface area (Å²) in [7, 11) is 1.54. The summed E-state index contributed by atoms with van der Waals surface area (Å²) in [6, 6.07) is 17.7. The van der Waals surface area contributed by atoms with Gasteiger partial charge in [-0.3, -0.25) is 14.5 Å². The fourth-order valence-corrected chi connectivity index (χ4v) is 4.33. The molecule has 1 aliphatic heterocycles. The Morgan fingerprint density at radius 3 is 2.37 bits per heavy atom. The van der Waals surface area contributed by atoms with Crippen LogP contribution in [0.15, 0.2) is 72.8 Å². The lowest BCUT2D eigenvalue weighted by atomic mass is 10.1. The van der Waals surface area contributed by atoms with Crippen molar-refractivity contribution in [3.63, 3.8) is 0 Å². The van der Waals surface area contributed by atoms with Crippen LogP contribution in [0.5, 0.6) is 5.75 Å². The Labute approximate surface area is 207 Å². The van der Waals surface area contributed by atoms with Crippen molar-refractivity contribution in [3.05, 3.63) is 90.0 Å². The van der Waals surface area contributed by atoms with Crippen LogP contribution in [-0.2, 0) is 16.0 Å². The van der Waals surface area contributed by atoms with E-state index in [1.807, 2.05) is 0 Å². The summed E-state index contributed by atoms with van der Waals surface area (Å²) >= 11 is 5.64. The molecule has 6 nitrogen and oxygen atoms in total. The van der Waals surface area contributed by atoms with Crippen LogP contribution in [0.2, 0.25) is 0 Å². The van der Waals surface area contributed by atoms with Crippen LogP contribution in [0, 0.1) is 11.6 Å². The van der Waals surface area contributed by atoms with Gasteiger partial charge < -0.3 is 15.0 Å². The van der Waals surface area contributed by atoms with Gasteiger partial charge in [0.25, 0.3) is 5.91 Å². The first kappa shape index (κ1) is 24.3. The highest BCUT2D eigenvalue weighted by atomic mass is 32.1. The molecule has 1 aliphatic rings. The lowest BCUT2D eigenvalue weighted by Crippen LogP contribution is -2.39. The summed E-state index contributed by atoms with van der Waals surface area (Å²) in [6.07, 6.45) is 0.118. The van der Waals surface area contributed by atoms with Crippen molar-refractivity contribution in [1.82, 2.24) is 4.90 Å². The number of methoxy groups -OCH3 is 1. The second-order valence-corrected chi connectivity index (χ2v) is 8.33. The zero-order valence-corrected chi connectivity index (χ0v) is 19.7. The van der Waals surface area contributed by atoms with Crippen LogP contribution < -0.4 is 15.0 Å². The normalized spacial score (nSPS) is 15.5. The van der Waals surface area contributed by atoms with Crippen molar-refractivity contribution in [1.29, 1.82) is 0 Å². The first-order valence-corrected chi connectivity index (χ1v) is 11.4. The van der Waals surface area contributed by atoms with E-state index in [4.69, 9.17) is 17.0 Å². The molecule has 180 valence electrons. The third-order valence-corrected chi connectivity index (χ3v) is 6.15. The second-order valence-electron chi connectivity index (χ2n) is 7.96. The number of thiocarbonyl (C=S) groups is 1. The minimum atomic E-state index is -0.878. The molecule has 0 bridgehead atoms. The predicted octanol–water partition coefficient (Wildman–Crippen LogP) is 4.55. The van der Waals surface area contributed by atoms with E-state index in [1.54, 1.807) is 54.5 Å². The monoisotopic (exact) mass is 495 g/mol. The molecule has 1 N–H and O–H groups in total. The lowest BCUT2D eigenvalue weighted by Gasteiger charge is -2.24. The Balaban J connectivity index is 1.57. The first-order valence-electron chi connectivity index (χ1n) is 10.9. The number of nitrogens with zero attached hydrogens (tertiary/aromatic N) is 2. The summed E-state index contributed by atoms with van der Waals surface area (Å²) in [5.41, 5.74) is 1.44. The number of halogens is 2. The molecule has 0 radical (unpaired) electrons. The maximum atomic E-state index is 14.2. The molecule has 0 spiro atoms. The fraction of sp³-hybridized carbons (Fsp3) is 0.192. The third-order valence-electron chi connectivity index (χ3n) is 5.74. The number of nitrogens with one attached hydrogen (secondary N) is 1. The van der Waals surface area contributed by atoms with E-state index in [9.17, 15) is 18.4 Å². The molecule has 35 heavy (non-hydrogen) atoms. The highest BCUT2D eigenvalue weighted by molar-refractivity contribution is 7.80. The fourth-order valence-electron chi connectivity index (χ4n) is 3.92. The highest BCUT2D eigenvalue weighted by Crippen LogP contribution is 2.29. The zero-order valence-electron chi connectivity index (χ0n) is 18.9. The Bertz CT molecular complexity index is 1240. The van der Waals surface area contributed by atoms with Crippen LogP contribution in [0.3, 0.4) is 0 Å². The number of amides is 2. The average Bonchev–Trinajstić information content (AvgIpc) is 3.08. The molecular formula is C26H23F2N3O3S. The largest absolute Gasteiger partial charge is 0.497 e. The van der Waals surface area contributed by atoms with Crippen LogP contribution in [0.4, 0.5) is 20.2 Å². The molecule has 0 aliphatic carbocycles. The standard InChI is InChI=1S/C26H23F2N3O3S/c1-34-21-12-10-20(11-13-21)31-25(33)23(16-24(32)29-19-8-6-18(27)7-9-19)30(26(31)35)15-14-17-4-2-3-5-22(17)28/h2-13,23H,14-16H2,1H3,(H,29,32)/t23-/m1/s1. The number of anilines is 2. The van der Waals surface area contributed by atoms with Gasteiger partial charge in [0, 0.05) is 12.2 Å². The molecule has 0 unspecified atom stereocenters. The highest BCUT2D eigenvalue weighted by Gasteiger charge is 2.44. The summed E-state index contributed by atoms with van der Waals surface area (Å²) in [5.74, 6) is -0.929. The number of ether oxygens (including phenoxy) is 1. The Kier molecular flexibility index (Phi) is 7.36. The zero-order chi connectivity index (χ0) is 24.9. The summed E-state index contributed by atoms with van der Waals surface area (Å²) in [5, 5.41) is 2.91. The molecule has 1 heterocycles.